The van der Waals surface area contributed by atoms with Crippen molar-refractivity contribution in [1.82, 2.24) is 0 Å². The fourth-order valence-electron chi connectivity index (χ4n) is 0.249. The summed E-state index contributed by atoms with van der Waals surface area (Å²) in [6, 6.07) is 0. The summed E-state index contributed by atoms with van der Waals surface area (Å²) in [6.07, 6.45) is -5.55. The lowest BCUT2D eigenvalue weighted by Crippen LogP contribution is -2.16. The van der Waals surface area contributed by atoms with E-state index in [1.807, 2.05) is 0 Å². The maximum absolute atomic E-state index is 11.9. The van der Waals surface area contributed by atoms with Gasteiger partial charge in [0.25, 0.3) is 0 Å². The highest BCUT2D eigenvalue weighted by Gasteiger charge is 2.44. The first-order valence-corrected chi connectivity index (χ1v) is 3.02. The first-order chi connectivity index (χ1) is 5.07. The maximum atomic E-state index is 11.9. The van der Waals surface area contributed by atoms with Crippen molar-refractivity contribution in [3.8, 4) is 0 Å². The van der Waals surface area contributed by atoms with E-state index in [4.69, 9.17) is 0 Å². The molecule has 0 N–H and O–H groups in total. The molecule has 0 aromatic heterocycles. The molecule has 0 aromatic rings. The second-order valence-corrected chi connectivity index (χ2v) is 2.48. The summed E-state index contributed by atoms with van der Waals surface area (Å²) < 4.78 is 69.3. The first-order valence-electron chi connectivity index (χ1n) is 2.26. The smallest absolute Gasteiger partial charge is 0.200 e. The molecule has 0 aliphatic heterocycles. The molecule has 0 amide bonds. The maximum Gasteiger partial charge on any atom is 0.444 e. The van der Waals surface area contributed by atoms with Crippen LogP contribution >= 0.6 is 23.2 Å². The van der Waals surface area contributed by atoms with E-state index in [0.29, 0.717) is 0 Å². The molecule has 0 bridgehead atoms. The predicted molar refractivity (Wildman–Crippen MR) is 30.8 cm³/mol. The van der Waals surface area contributed by atoms with Crippen molar-refractivity contribution in [2.75, 3.05) is 0 Å². The predicted octanol–water partition coefficient (Wildman–Crippen LogP) is 3.80. The van der Waals surface area contributed by atoms with Gasteiger partial charge < -0.3 is 0 Å². The minimum atomic E-state index is -5.55. The largest absolute Gasteiger partial charge is 0.444 e. The highest BCUT2D eigenvalue weighted by atomic mass is 35.5. The Labute approximate surface area is 72.7 Å². The van der Waals surface area contributed by atoms with Crippen LogP contribution in [0.2, 0.25) is 0 Å². The Morgan fingerprint density at radius 3 is 1.42 bits per heavy atom. The van der Waals surface area contributed by atoms with Crippen molar-refractivity contribution in [1.29, 1.82) is 0 Å². The van der Waals surface area contributed by atoms with Gasteiger partial charge in [-0.2, -0.15) is 22.0 Å². The molecule has 0 rings (SSSR count). The van der Waals surface area contributed by atoms with E-state index >= 15 is 0 Å². The number of hydrogen-bond donors (Lipinski definition) is 0. The fourth-order valence-corrected chi connectivity index (χ4v) is 0.439. The number of hydrogen-bond acceptors (Lipinski definition) is 0. The molecular weight excluding hydrogens is 233 g/mol. The molecule has 0 saturated carbocycles. The second-order valence-electron chi connectivity index (χ2n) is 1.62. The van der Waals surface area contributed by atoms with Crippen LogP contribution in [0.1, 0.15) is 0 Å². The van der Waals surface area contributed by atoms with Gasteiger partial charge in [-0.15, -0.1) is 0 Å². The van der Waals surface area contributed by atoms with Crippen LogP contribution < -0.4 is 0 Å². The Morgan fingerprint density at radius 1 is 1.00 bits per heavy atom. The van der Waals surface area contributed by atoms with Crippen LogP contribution in [-0.2, 0) is 0 Å². The van der Waals surface area contributed by atoms with Crippen molar-refractivity contribution in [2.45, 2.75) is 11.6 Å². The Morgan fingerprint density at radius 2 is 1.33 bits per heavy atom. The van der Waals surface area contributed by atoms with E-state index in [2.05, 4.69) is 23.2 Å². The molecule has 0 unspecified atom stereocenters. The molecule has 0 nitrogen and oxygen atoms in total. The summed E-state index contributed by atoms with van der Waals surface area (Å²) in [5, 5.41) is -6.90. The van der Waals surface area contributed by atoms with Gasteiger partial charge in [0.2, 0.25) is 5.83 Å². The van der Waals surface area contributed by atoms with E-state index in [9.17, 15) is 26.3 Å². The van der Waals surface area contributed by atoms with Crippen LogP contribution in [0.25, 0.3) is 0 Å². The minimum absolute atomic E-state index is 2.36. The second kappa shape index (κ2) is 3.33. The van der Waals surface area contributed by atoms with Gasteiger partial charge in [0.05, 0.1) is 0 Å². The van der Waals surface area contributed by atoms with Gasteiger partial charge in [0.15, 0.2) is 0 Å². The van der Waals surface area contributed by atoms with Gasteiger partial charge in [0.1, 0.15) is 5.03 Å². The minimum Gasteiger partial charge on any atom is -0.200 e. The molecule has 0 heterocycles. The summed E-state index contributed by atoms with van der Waals surface area (Å²) in [6.45, 7) is 0. The molecule has 0 spiro atoms. The van der Waals surface area contributed by atoms with Gasteiger partial charge in [-0.1, -0.05) is 11.6 Å². The lowest BCUT2D eigenvalue weighted by atomic mass is 10.4. The van der Waals surface area contributed by atoms with Gasteiger partial charge in [0, 0.05) is 0 Å². The van der Waals surface area contributed by atoms with Crippen LogP contribution in [0.5, 0.6) is 0 Å². The zero-order valence-electron chi connectivity index (χ0n) is 5.02. The third kappa shape index (κ3) is 3.10. The first kappa shape index (κ1) is 11.9. The highest BCUT2D eigenvalue weighted by Crippen LogP contribution is 2.40. The lowest BCUT2D eigenvalue weighted by Gasteiger charge is -2.09. The third-order valence-corrected chi connectivity index (χ3v) is 1.38. The quantitative estimate of drug-likeness (QED) is 0.477. The van der Waals surface area contributed by atoms with Crippen molar-refractivity contribution in [2.24, 2.45) is 0 Å². The molecule has 0 saturated heterocycles. The summed E-state index contributed by atoms with van der Waals surface area (Å²) in [5.41, 5.74) is 0. The molecule has 0 fully saturated rings. The number of halogens is 8. The number of allylic oxidation sites excluding steroid dienone is 2. The molecule has 0 radical (unpaired) electrons. The molecule has 0 aliphatic rings. The zero-order valence-corrected chi connectivity index (χ0v) is 6.54. The van der Waals surface area contributed by atoms with Gasteiger partial charge >= 0.3 is 11.6 Å². The fraction of sp³-hybridized carbons (Fsp3) is 0.500. The van der Waals surface area contributed by atoms with E-state index in [-0.39, 0.29) is 0 Å². The summed E-state index contributed by atoms with van der Waals surface area (Å²) in [4.78, 5) is 0. The van der Waals surface area contributed by atoms with Gasteiger partial charge in [-0.05, 0) is 11.6 Å². The Bertz CT molecular complexity index is 177. The van der Waals surface area contributed by atoms with Gasteiger partial charge in [-0.25, -0.2) is 4.39 Å². The summed E-state index contributed by atoms with van der Waals surface area (Å²) in [7, 11) is 0. The van der Waals surface area contributed by atoms with Crippen LogP contribution in [0.4, 0.5) is 26.3 Å². The van der Waals surface area contributed by atoms with E-state index in [1.54, 1.807) is 0 Å². The Kier molecular flexibility index (Phi) is 3.31. The molecule has 12 heavy (non-hydrogen) atoms. The standard InChI is InChI=1S/C4Cl2F6/c5-1(3(6,8)9)2(7)4(10,11)12/b2-1+. The van der Waals surface area contributed by atoms with Gasteiger partial charge in [-0.3, -0.25) is 0 Å². The molecular formula is C4Cl2F6. The van der Waals surface area contributed by atoms with Crippen LogP contribution in [0.3, 0.4) is 0 Å². The van der Waals surface area contributed by atoms with Crippen LogP contribution in [-0.4, -0.2) is 11.6 Å². The summed E-state index contributed by atoms with van der Waals surface area (Å²) >= 11 is 8.32. The van der Waals surface area contributed by atoms with E-state index in [1.165, 1.54) is 0 Å². The monoisotopic (exact) mass is 232 g/mol. The average Bonchev–Trinajstić information content (AvgIpc) is 1.80. The average molecular weight is 233 g/mol. The number of alkyl halides is 6. The molecule has 8 heteroatoms. The van der Waals surface area contributed by atoms with Crippen molar-refractivity contribution >= 4 is 23.2 Å². The third-order valence-electron chi connectivity index (χ3n) is 0.690. The van der Waals surface area contributed by atoms with E-state index in [0.717, 1.165) is 0 Å². The SMILES string of the molecule is F/C(=C(/Cl)C(F)(F)Cl)C(F)(F)F. The van der Waals surface area contributed by atoms with Crippen molar-refractivity contribution < 1.29 is 26.3 Å². The van der Waals surface area contributed by atoms with Crippen molar-refractivity contribution in [3.05, 3.63) is 10.9 Å². The zero-order chi connectivity index (χ0) is 10.2. The van der Waals surface area contributed by atoms with E-state index < -0.39 is 22.4 Å². The Balaban J connectivity index is 4.96. The summed E-state index contributed by atoms with van der Waals surface area (Å²) in [5.74, 6) is -3.09. The van der Waals surface area contributed by atoms with Crippen molar-refractivity contribution in [3.63, 3.8) is 0 Å². The van der Waals surface area contributed by atoms with Crippen LogP contribution in [0, 0.1) is 0 Å². The molecule has 0 atom stereocenters. The van der Waals surface area contributed by atoms with Crippen LogP contribution in [0.15, 0.2) is 10.9 Å². The molecule has 0 aliphatic carbocycles. The lowest BCUT2D eigenvalue weighted by molar-refractivity contribution is -0.111. The highest BCUT2D eigenvalue weighted by molar-refractivity contribution is 6.38. The number of rotatable bonds is 1. The normalized spacial score (nSPS) is 16.0. The Hall–Kier alpha value is -0.100. The topological polar surface area (TPSA) is 0 Å². The molecule has 0 aromatic carbocycles. The molecule has 72 valence electrons.